The summed E-state index contributed by atoms with van der Waals surface area (Å²) < 4.78 is 29.6. The number of hydrogen-bond acceptors (Lipinski definition) is 7. The molecule has 0 saturated carbocycles. The van der Waals surface area contributed by atoms with Crippen molar-refractivity contribution < 1.29 is 33.3 Å². The SMILES string of the molecule is CCCCCCCCCCCCCCCCOCC(COC(=O)CCN(CCCC(C)(C)OCC(C)(C)OC)C(C)=O)OCCCCCCCCCCCCCCCC. The molecule has 1 atom stereocenters. The zero-order valence-electron chi connectivity index (χ0n) is 40.8. The molecule has 0 aromatic rings. The highest BCUT2D eigenvalue weighted by Gasteiger charge is 2.25. The Morgan fingerprint density at radius 2 is 0.949 bits per heavy atom. The molecule has 0 aliphatic carbocycles. The van der Waals surface area contributed by atoms with Crippen LogP contribution < -0.4 is 0 Å². The quantitative estimate of drug-likeness (QED) is 0.0446. The largest absolute Gasteiger partial charge is 0.463 e. The smallest absolute Gasteiger partial charge is 0.307 e. The summed E-state index contributed by atoms with van der Waals surface area (Å²) in [6.45, 7) is 17.6. The molecule has 0 aromatic carbocycles. The molecule has 0 aliphatic rings. The van der Waals surface area contributed by atoms with Crippen LogP contribution >= 0.6 is 0 Å². The lowest BCUT2D eigenvalue weighted by Gasteiger charge is -2.32. The van der Waals surface area contributed by atoms with E-state index in [1.54, 1.807) is 18.9 Å². The Bertz CT molecular complexity index is 926. The Kier molecular flexibility index (Phi) is 40.0. The lowest BCUT2D eigenvalue weighted by molar-refractivity contribution is -0.150. The van der Waals surface area contributed by atoms with Crippen molar-refractivity contribution in [2.45, 2.75) is 265 Å². The summed E-state index contributed by atoms with van der Waals surface area (Å²) in [4.78, 5) is 27.0. The fourth-order valence-electron chi connectivity index (χ4n) is 7.41. The Hall–Kier alpha value is -1.22. The summed E-state index contributed by atoms with van der Waals surface area (Å²) in [5.74, 6) is -0.345. The zero-order valence-corrected chi connectivity index (χ0v) is 40.8. The minimum atomic E-state index is -0.350. The van der Waals surface area contributed by atoms with E-state index in [2.05, 4.69) is 27.7 Å². The number of unbranched alkanes of at least 4 members (excludes halogenated alkanes) is 26. The molecular weight excluding hydrogens is 739 g/mol. The Morgan fingerprint density at radius 3 is 1.37 bits per heavy atom. The van der Waals surface area contributed by atoms with E-state index in [4.69, 9.17) is 23.7 Å². The third-order valence-electron chi connectivity index (χ3n) is 11.8. The van der Waals surface area contributed by atoms with Gasteiger partial charge in [-0.2, -0.15) is 0 Å². The summed E-state index contributed by atoms with van der Waals surface area (Å²) >= 11 is 0. The predicted molar refractivity (Wildman–Crippen MR) is 249 cm³/mol. The van der Waals surface area contributed by atoms with Crippen molar-refractivity contribution in [2.75, 3.05) is 53.2 Å². The van der Waals surface area contributed by atoms with Crippen molar-refractivity contribution in [3.8, 4) is 0 Å². The van der Waals surface area contributed by atoms with E-state index < -0.39 is 0 Å². The van der Waals surface area contributed by atoms with Crippen LogP contribution in [0.15, 0.2) is 0 Å². The number of esters is 1. The second kappa shape index (κ2) is 40.8. The average molecular weight is 840 g/mol. The molecule has 0 heterocycles. The van der Waals surface area contributed by atoms with Gasteiger partial charge in [-0.05, 0) is 53.4 Å². The van der Waals surface area contributed by atoms with Crippen LogP contribution in [0.1, 0.15) is 248 Å². The van der Waals surface area contributed by atoms with Gasteiger partial charge in [0, 0.05) is 40.3 Å². The van der Waals surface area contributed by atoms with Crippen molar-refractivity contribution in [3.63, 3.8) is 0 Å². The third-order valence-corrected chi connectivity index (χ3v) is 11.8. The highest BCUT2D eigenvalue weighted by atomic mass is 16.6. The first-order valence-corrected chi connectivity index (χ1v) is 25.3. The number of hydrogen-bond donors (Lipinski definition) is 0. The fourth-order valence-corrected chi connectivity index (χ4v) is 7.41. The summed E-state index contributed by atoms with van der Waals surface area (Å²) in [7, 11) is 1.69. The van der Waals surface area contributed by atoms with E-state index in [1.165, 1.54) is 167 Å². The van der Waals surface area contributed by atoms with Crippen molar-refractivity contribution in [1.29, 1.82) is 0 Å². The lowest BCUT2D eigenvalue weighted by Crippen LogP contribution is -2.37. The molecule has 0 N–H and O–H groups in total. The number of amides is 1. The summed E-state index contributed by atoms with van der Waals surface area (Å²) in [6, 6.07) is 0. The van der Waals surface area contributed by atoms with Gasteiger partial charge in [-0.15, -0.1) is 0 Å². The topological polar surface area (TPSA) is 83.5 Å². The van der Waals surface area contributed by atoms with Crippen LogP contribution in [0.2, 0.25) is 0 Å². The Balaban J connectivity index is 4.51. The van der Waals surface area contributed by atoms with E-state index in [-0.39, 0.29) is 42.2 Å². The van der Waals surface area contributed by atoms with Crippen LogP contribution in [0.3, 0.4) is 0 Å². The summed E-state index contributed by atoms with van der Waals surface area (Å²) in [6.07, 6.45) is 38.7. The molecule has 1 amide bonds. The molecule has 0 rings (SSSR count). The maximum atomic E-state index is 12.9. The number of ether oxygens (including phenoxy) is 5. The number of carbonyl (C=O) groups excluding carboxylic acids is 2. The molecule has 0 bridgehead atoms. The van der Waals surface area contributed by atoms with Gasteiger partial charge in [-0.1, -0.05) is 181 Å². The Morgan fingerprint density at radius 1 is 0.525 bits per heavy atom. The number of rotatable bonds is 46. The molecule has 0 saturated heterocycles. The fraction of sp³-hybridized carbons (Fsp3) is 0.961. The van der Waals surface area contributed by atoms with Crippen LogP contribution in [0.4, 0.5) is 0 Å². The predicted octanol–water partition coefficient (Wildman–Crippen LogP) is 14.1. The van der Waals surface area contributed by atoms with Gasteiger partial charge < -0.3 is 28.6 Å². The first-order chi connectivity index (χ1) is 28.5. The Labute approximate surface area is 367 Å². The molecule has 0 radical (unpaired) electrons. The van der Waals surface area contributed by atoms with Crippen LogP contribution in [0, 0.1) is 0 Å². The van der Waals surface area contributed by atoms with Gasteiger partial charge in [0.25, 0.3) is 0 Å². The minimum Gasteiger partial charge on any atom is -0.463 e. The van der Waals surface area contributed by atoms with Gasteiger partial charge in [0.15, 0.2) is 0 Å². The summed E-state index contributed by atoms with van der Waals surface area (Å²) in [5, 5.41) is 0. The van der Waals surface area contributed by atoms with Gasteiger partial charge >= 0.3 is 5.97 Å². The van der Waals surface area contributed by atoms with E-state index in [9.17, 15) is 9.59 Å². The molecule has 8 heteroatoms. The van der Waals surface area contributed by atoms with Gasteiger partial charge in [0.05, 0.1) is 30.8 Å². The molecule has 1 unspecified atom stereocenters. The van der Waals surface area contributed by atoms with Gasteiger partial charge in [-0.3, -0.25) is 9.59 Å². The van der Waals surface area contributed by atoms with Crippen LogP contribution in [0.25, 0.3) is 0 Å². The first kappa shape index (κ1) is 57.8. The van der Waals surface area contributed by atoms with E-state index >= 15 is 0 Å². The number of carbonyl (C=O) groups is 2. The van der Waals surface area contributed by atoms with Crippen molar-refractivity contribution in [2.24, 2.45) is 0 Å². The first-order valence-electron chi connectivity index (χ1n) is 25.3. The highest BCUT2D eigenvalue weighted by Crippen LogP contribution is 2.21. The van der Waals surface area contributed by atoms with Crippen molar-refractivity contribution >= 4 is 11.9 Å². The maximum Gasteiger partial charge on any atom is 0.307 e. The van der Waals surface area contributed by atoms with Gasteiger partial charge in [-0.25, -0.2) is 0 Å². The van der Waals surface area contributed by atoms with Crippen molar-refractivity contribution in [1.82, 2.24) is 4.90 Å². The minimum absolute atomic E-state index is 0.0386. The van der Waals surface area contributed by atoms with Gasteiger partial charge in [0.1, 0.15) is 12.7 Å². The van der Waals surface area contributed by atoms with Crippen LogP contribution in [0.5, 0.6) is 0 Å². The van der Waals surface area contributed by atoms with E-state index in [1.807, 2.05) is 13.8 Å². The normalized spacial score (nSPS) is 12.6. The molecule has 8 nitrogen and oxygen atoms in total. The molecule has 0 spiro atoms. The molecule has 0 aromatic heterocycles. The molecule has 0 aliphatic heterocycles. The van der Waals surface area contributed by atoms with E-state index in [0.717, 1.165) is 25.7 Å². The molecule has 352 valence electrons. The maximum absolute atomic E-state index is 12.9. The molecule has 59 heavy (non-hydrogen) atoms. The van der Waals surface area contributed by atoms with E-state index in [0.29, 0.717) is 39.5 Å². The van der Waals surface area contributed by atoms with Crippen LogP contribution in [-0.2, 0) is 33.3 Å². The summed E-state index contributed by atoms with van der Waals surface area (Å²) in [5.41, 5.74) is -0.690. The lowest BCUT2D eigenvalue weighted by atomic mass is 10.0. The molecule has 0 fully saturated rings. The standard InChI is InChI=1S/C51H101NO7/c1-9-11-13-15-17-19-21-23-25-27-29-31-33-35-42-56-44-48(57-43-36-34-32-30-28-26-24-22-20-18-16-14-12-10-2)45-58-49(54)38-41-52(47(3)53)40-37-39-50(4,5)59-46-51(6,7)55-8/h48H,9-46H2,1-8H3. The number of methoxy groups -OCH3 is 1. The van der Waals surface area contributed by atoms with Crippen LogP contribution in [-0.4, -0.2) is 87.3 Å². The third kappa shape index (κ3) is 40.6. The second-order valence-corrected chi connectivity index (χ2v) is 18.8. The van der Waals surface area contributed by atoms with Crippen molar-refractivity contribution in [3.05, 3.63) is 0 Å². The highest BCUT2D eigenvalue weighted by molar-refractivity contribution is 5.75. The van der Waals surface area contributed by atoms with Gasteiger partial charge in [0.2, 0.25) is 5.91 Å². The monoisotopic (exact) mass is 840 g/mol. The zero-order chi connectivity index (χ0) is 43.7. The molecular formula is C51H101NO7. The number of nitrogens with zero attached hydrogens (tertiary/aromatic N) is 1. The average Bonchev–Trinajstić information content (AvgIpc) is 3.21. The second-order valence-electron chi connectivity index (χ2n) is 18.8.